The lowest BCUT2D eigenvalue weighted by molar-refractivity contribution is 0.0398. The topological polar surface area (TPSA) is 29.3 Å². The maximum absolute atomic E-state index is 5.93. The van der Waals surface area contributed by atoms with Gasteiger partial charge in [-0.15, -0.1) is 0 Å². The molecule has 0 aromatic rings. The van der Waals surface area contributed by atoms with Gasteiger partial charge in [0, 0.05) is 18.1 Å². The smallest absolute Gasteiger partial charge is 0.0300 e. The van der Waals surface area contributed by atoms with Gasteiger partial charge in [0.05, 0.1) is 0 Å². The van der Waals surface area contributed by atoms with Crippen LogP contribution >= 0.6 is 0 Å². The highest BCUT2D eigenvalue weighted by molar-refractivity contribution is 4.91. The molecule has 1 aliphatic carbocycles. The Balaban J connectivity index is 2.68. The molecular formula is C13H28N2. The minimum atomic E-state index is 0.191. The molecule has 2 N–H and O–H groups in total. The number of nitrogens with zero attached hydrogens (tertiary/aromatic N) is 1. The largest absolute Gasteiger partial charge is 0.329 e. The van der Waals surface area contributed by atoms with Gasteiger partial charge in [0.2, 0.25) is 0 Å². The molecule has 3 atom stereocenters. The van der Waals surface area contributed by atoms with Crippen molar-refractivity contribution in [1.29, 1.82) is 0 Å². The van der Waals surface area contributed by atoms with Crippen molar-refractivity contribution in [2.75, 3.05) is 13.6 Å². The van der Waals surface area contributed by atoms with Crippen molar-refractivity contribution >= 4 is 0 Å². The fraction of sp³-hybridized carbons (Fsp3) is 1.00. The molecule has 0 aromatic heterocycles. The second-order valence-electron chi connectivity index (χ2n) is 5.49. The van der Waals surface area contributed by atoms with Gasteiger partial charge in [-0.1, -0.05) is 26.7 Å². The second-order valence-corrected chi connectivity index (χ2v) is 5.49. The molecule has 90 valence electrons. The van der Waals surface area contributed by atoms with E-state index in [2.05, 4.69) is 32.7 Å². The molecule has 0 spiro atoms. The van der Waals surface area contributed by atoms with E-state index >= 15 is 0 Å². The molecule has 15 heavy (non-hydrogen) atoms. The van der Waals surface area contributed by atoms with Gasteiger partial charge < -0.3 is 5.73 Å². The molecule has 0 aliphatic heterocycles. The first-order valence-electron chi connectivity index (χ1n) is 6.48. The van der Waals surface area contributed by atoms with Gasteiger partial charge in [-0.25, -0.2) is 0 Å². The van der Waals surface area contributed by atoms with Crippen LogP contribution in [-0.2, 0) is 0 Å². The van der Waals surface area contributed by atoms with E-state index in [4.69, 9.17) is 5.73 Å². The average Bonchev–Trinajstić information content (AvgIpc) is 2.28. The minimum absolute atomic E-state index is 0.191. The maximum Gasteiger partial charge on any atom is 0.0300 e. The van der Waals surface area contributed by atoms with Crippen LogP contribution in [0.1, 0.15) is 52.9 Å². The highest BCUT2D eigenvalue weighted by Gasteiger charge is 2.34. The van der Waals surface area contributed by atoms with Gasteiger partial charge in [0.15, 0.2) is 0 Å². The number of hydrogen-bond acceptors (Lipinski definition) is 2. The number of likely N-dealkylation sites (N-methyl/N-ethyl adjacent to an activating group) is 1. The van der Waals surface area contributed by atoms with Crippen LogP contribution in [-0.4, -0.2) is 30.1 Å². The maximum atomic E-state index is 5.93. The molecule has 0 radical (unpaired) electrons. The molecule has 3 unspecified atom stereocenters. The minimum Gasteiger partial charge on any atom is -0.329 e. The van der Waals surface area contributed by atoms with Gasteiger partial charge >= 0.3 is 0 Å². The Hall–Kier alpha value is -0.0800. The monoisotopic (exact) mass is 212 g/mol. The van der Waals surface area contributed by atoms with Gasteiger partial charge in [0.25, 0.3) is 0 Å². The highest BCUT2D eigenvalue weighted by atomic mass is 15.2. The molecule has 2 heteroatoms. The van der Waals surface area contributed by atoms with Crippen molar-refractivity contribution in [2.45, 2.75) is 64.5 Å². The van der Waals surface area contributed by atoms with Crippen LogP contribution in [0, 0.1) is 5.92 Å². The van der Waals surface area contributed by atoms with Crippen LogP contribution in [0.4, 0.5) is 0 Å². The molecular weight excluding hydrogens is 184 g/mol. The van der Waals surface area contributed by atoms with Gasteiger partial charge in [-0.05, 0) is 39.2 Å². The molecule has 0 aromatic carbocycles. The summed E-state index contributed by atoms with van der Waals surface area (Å²) in [5.74, 6) is 0.834. The first kappa shape index (κ1) is 13.0. The molecule has 0 heterocycles. The molecule has 1 fully saturated rings. The van der Waals surface area contributed by atoms with E-state index in [0.717, 1.165) is 24.9 Å². The lowest BCUT2D eigenvalue weighted by Gasteiger charge is -2.46. The van der Waals surface area contributed by atoms with Crippen LogP contribution < -0.4 is 5.73 Å². The third-order valence-electron chi connectivity index (χ3n) is 4.62. The summed E-state index contributed by atoms with van der Waals surface area (Å²) in [4.78, 5) is 2.55. The standard InChI is InChI=1S/C13H28N2/c1-5-13(3,10-14)15(4)12-9-7-6-8-11(12)2/h11-12H,5-10,14H2,1-4H3. The Kier molecular flexibility index (Phi) is 4.60. The second kappa shape index (κ2) is 5.31. The van der Waals surface area contributed by atoms with E-state index in [1.165, 1.54) is 25.7 Å². The number of rotatable bonds is 4. The predicted molar refractivity (Wildman–Crippen MR) is 66.9 cm³/mol. The normalized spacial score (nSPS) is 31.6. The molecule has 2 nitrogen and oxygen atoms in total. The number of nitrogens with two attached hydrogens (primary N) is 1. The summed E-state index contributed by atoms with van der Waals surface area (Å²) in [7, 11) is 2.27. The zero-order valence-electron chi connectivity index (χ0n) is 10.9. The van der Waals surface area contributed by atoms with Crippen LogP contribution in [0.25, 0.3) is 0 Å². The molecule has 1 aliphatic rings. The third-order valence-corrected chi connectivity index (χ3v) is 4.62. The first-order chi connectivity index (χ1) is 7.05. The fourth-order valence-corrected chi connectivity index (χ4v) is 2.81. The molecule has 1 rings (SSSR count). The third kappa shape index (κ3) is 2.73. The quantitative estimate of drug-likeness (QED) is 0.776. The van der Waals surface area contributed by atoms with E-state index in [1.807, 2.05) is 0 Å². The highest BCUT2D eigenvalue weighted by Crippen LogP contribution is 2.31. The number of hydrogen-bond donors (Lipinski definition) is 1. The summed E-state index contributed by atoms with van der Waals surface area (Å²) in [5, 5.41) is 0. The summed E-state index contributed by atoms with van der Waals surface area (Å²) in [5.41, 5.74) is 6.12. The fourth-order valence-electron chi connectivity index (χ4n) is 2.81. The van der Waals surface area contributed by atoms with Crippen molar-refractivity contribution in [1.82, 2.24) is 4.90 Å². The van der Waals surface area contributed by atoms with E-state index in [0.29, 0.717) is 0 Å². The van der Waals surface area contributed by atoms with Gasteiger partial charge in [-0.3, -0.25) is 4.90 Å². The summed E-state index contributed by atoms with van der Waals surface area (Å²) in [6.07, 6.45) is 6.69. The summed E-state index contributed by atoms with van der Waals surface area (Å²) < 4.78 is 0. The molecule has 1 saturated carbocycles. The zero-order chi connectivity index (χ0) is 11.5. The summed E-state index contributed by atoms with van der Waals surface area (Å²) in [6.45, 7) is 7.71. The lowest BCUT2D eigenvalue weighted by atomic mass is 9.82. The van der Waals surface area contributed by atoms with Crippen LogP contribution in [0.2, 0.25) is 0 Å². The average molecular weight is 212 g/mol. The van der Waals surface area contributed by atoms with Crippen molar-refractivity contribution in [3.05, 3.63) is 0 Å². The predicted octanol–water partition coefficient (Wildman–Crippen LogP) is 2.62. The summed E-state index contributed by atoms with van der Waals surface area (Å²) in [6, 6.07) is 0.743. The Labute approximate surface area is 95.2 Å². The summed E-state index contributed by atoms with van der Waals surface area (Å²) >= 11 is 0. The van der Waals surface area contributed by atoms with E-state index in [9.17, 15) is 0 Å². The van der Waals surface area contributed by atoms with E-state index in [1.54, 1.807) is 0 Å². The van der Waals surface area contributed by atoms with Gasteiger partial charge in [-0.2, -0.15) is 0 Å². The van der Waals surface area contributed by atoms with Crippen LogP contribution in [0.3, 0.4) is 0 Å². The van der Waals surface area contributed by atoms with E-state index < -0.39 is 0 Å². The van der Waals surface area contributed by atoms with E-state index in [-0.39, 0.29) is 5.54 Å². The molecule has 0 saturated heterocycles. The van der Waals surface area contributed by atoms with Crippen LogP contribution in [0.5, 0.6) is 0 Å². The zero-order valence-corrected chi connectivity index (χ0v) is 10.9. The van der Waals surface area contributed by atoms with Crippen molar-refractivity contribution in [2.24, 2.45) is 11.7 Å². The van der Waals surface area contributed by atoms with Crippen molar-refractivity contribution in [3.8, 4) is 0 Å². The Bertz CT molecular complexity index is 187. The Morgan fingerprint density at radius 3 is 2.40 bits per heavy atom. The molecule has 0 bridgehead atoms. The SMILES string of the molecule is CCC(C)(CN)N(C)C1CCCCC1C. The van der Waals surface area contributed by atoms with Crippen molar-refractivity contribution in [3.63, 3.8) is 0 Å². The van der Waals surface area contributed by atoms with Gasteiger partial charge in [0.1, 0.15) is 0 Å². The Morgan fingerprint density at radius 2 is 1.93 bits per heavy atom. The van der Waals surface area contributed by atoms with Crippen LogP contribution in [0.15, 0.2) is 0 Å². The lowest BCUT2D eigenvalue weighted by Crippen LogP contribution is -2.55. The molecule has 0 amide bonds. The van der Waals surface area contributed by atoms with Crippen molar-refractivity contribution < 1.29 is 0 Å². The first-order valence-corrected chi connectivity index (χ1v) is 6.48. The Morgan fingerprint density at radius 1 is 1.33 bits per heavy atom.